The molecule has 11 heavy (non-hydrogen) atoms. The van der Waals surface area contributed by atoms with Gasteiger partial charge in [0.25, 0.3) is 10.1 Å². The number of hydrogen-bond acceptors (Lipinski definition) is 2. The van der Waals surface area contributed by atoms with E-state index in [-0.39, 0.29) is 12.4 Å². The van der Waals surface area contributed by atoms with Crippen LogP contribution >= 0.6 is 0 Å². The summed E-state index contributed by atoms with van der Waals surface area (Å²) in [5.41, 5.74) is 0. The van der Waals surface area contributed by atoms with E-state index in [9.17, 15) is 12.8 Å². The minimum atomic E-state index is -3.81. The quantitative estimate of drug-likeness (QED) is 0.501. The summed E-state index contributed by atoms with van der Waals surface area (Å²) in [6.07, 6.45) is 2.24. The van der Waals surface area contributed by atoms with Crippen molar-refractivity contribution in [1.82, 2.24) is 0 Å². The van der Waals surface area contributed by atoms with Gasteiger partial charge in [-0.25, -0.2) is 0 Å². The van der Waals surface area contributed by atoms with Crippen molar-refractivity contribution in [2.24, 2.45) is 0 Å². The summed E-state index contributed by atoms with van der Waals surface area (Å²) in [6, 6.07) is 0. The van der Waals surface area contributed by atoms with E-state index in [4.69, 9.17) is 4.55 Å². The summed E-state index contributed by atoms with van der Waals surface area (Å²) in [5, 5.41) is 0. The lowest BCUT2D eigenvalue weighted by atomic mass is 10.2. The van der Waals surface area contributed by atoms with Crippen LogP contribution < -0.4 is 0 Å². The van der Waals surface area contributed by atoms with Gasteiger partial charge in [-0.15, -0.1) is 0 Å². The zero-order valence-corrected chi connectivity index (χ0v) is 7.11. The molecule has 0 aliphatic carbocycles. The SMILES string of the molecule is O=S(=O)(O)CCCCCCF. The van der Waals surface area contributed by atoms with Crippen LogP contribution in [0.5, 0.6) is 0 Å². The van der Waals surface area contributed by atoms with E-state index in [1.807, 2.05) is 0 Å². The van der Waals surface area contributed by atoms with Gasteiger partial charge in [0.15, 0.2) is 0 Å². The lowest BCUT2D eigenvalue weighted by Crippen LogP contribution is -2.03. The Morgan fingerprint density at radius 2 is 1.64 bits per heavy atom. The van der Waals surface area contributed by atoms with Gasteiger partial charge in [-0.2, -0.15) is 8.42 Å². The summed E-state index contributed by atoms with van der Waals surface area (Å²) in [7, 11) is -3.81. The van der Waals surface area contributed by atoms with Crippen molar-refractivity contribution in [1.29, 1.82) is 0 Å². The van der Waals surface area contributed by atoms with Crippen LogP contribution in [0.2, 0.25) is 0 Å². The van der Waals surface area contributed by atoms with Gasteiger partial charge in [0.05, 0.1) is 12.4 Å². The minimum Gasteiger partial charge on any atom is -0.286 e. The minimum absolute atomic E-state index is 0.209. The van der Waals surface area contributed by atoms with Crippen LogP contribution in [0.15, 0.2) is 0 Å². The first kappa shape index (κ1) is 10.8. The summed E-state index contributed by atoms with van der Waals surface area (Å²) in [4.78, 5) is 0. The predicted molar refractivity (Wildman–Crippen MR) is 40.9 cm³/mol. The molecule has 1 N–H and O–H groups in total. The highest BCUT2D eigenvalue weighted by molar-refractivity contribution is 7.85. The Labute approximate surface area is 66.4 Å². The molecule has 68 valence electrons. The summed E-state index contributed by atoms with van der Waals surface area (Å²) >= 11 is 0. The van der Waals surface area contributed by atoms with E-state index in [1.165, 1.54) is 0 Å². The second-order valence-electron chi connectivity index (χ2n) is 2.39. The number of alkyl halides is 1. The average Bonchev–Trinajstić information content (AvgIpc) is 1.85. The molecule has 0 aromatic rings. The molecule has 0 aliphatic heterocycles. The van der Waals surface area contributed by atoms with Crippen molar-refractivity contribution in [3.8, 4) is 0 Å². The van der Waals surface area contributed by atoms with Crippen molar-refractivity contribution in [2.45, 2.75) is 25.7 Å². The van der Waals surface area contributed by atoms with E-state index >= 15 is 0 Å². The fourth-order valence-corrected chi connectivity index (χ4v) is 1.30. The van der Waals surface area contributed by atoms with Gasteiger partial charge in [-0.05, 0) is 12.8 Å². The molecule has 0 unspecified atom stereocenters. The highest BCUT2D eigenvalue weighted by atomic mass is 32.2. The molecule has 0 rings (SSSR count). The zero-order valence-electron chi connectivity index (χ0n) is 6.29. The fourth-order valence-electron chi connectivity index (χ4n) is 0.733. The Hall–Kier alpha value is -0.160. The largest absolute Gasteiger partial charge is 0.286 e. The summed E-state index contributed by atoms with van der Waals surface area (Å²) < 4.78 is 40.0. The molecule has 0 heterocycles. The van der Waals surface area contributed by atoms with Crippen molar-refractivity contribution < 1.29 is 17.4 Å². The van der Waals surface area contributed by atoms with Gasteiger partial charge in [0, 0.05) is 0 Å². The first-order valence-electron chi connectivity index (χ1n) is 3.57. The molecule has 0 aromatic carbocycles. The standard InChI is InChI=1S/C6H13FO3S/c7-5-3-1-2-4-6-11(8,9)10/h1-6H2,(H,8,9,10). The second kappa shape index (κ2) is 5.49. The third kappa shape index (κ3) is 9.84. The molecular formula is C6H13FO3S. The van der Waals surface area contributed by atoms with Crippen molar-refractivity contribution in [3.63, 3.8) is 0 Å². The molecule has 0 amide bonds. The molecule has 0 spiro atoms. The van der Waals surface area contributed by atoms with Gasteiger partial charge in [0.1, 0.15) is 0 Å². The molecule has 0 aromatic heterocycles. The Kier molecular flexibility index (Phi) is 5.41. The number of halogens is 1. The third-order valence-corrected chi connectivity index (χ3v) is 2.09. The topological polar surface area (TPSA) is 54.4 Å². The first-order valence-corrected chi connectivity index (χ1v) is 5.18. The fraction of sp³-hybridized carbons (Fsp3) is 1.00. The third-order valence-electron chi connectivity index (χ3n) is 1.29. The Morgan fingerprint density at radius 3 is 2.09 bits per heavy atom. The lowest BCUT2D eigenvalue weighted by molar-refractivity contribution is 0.452. The van der Waals surface area contributed by atoms with E-state index in [0.717, 1.165) is 0 Å². The number of rotatable bonds is 6. The molecule has 0 fully saturated rings. The van der Waals surface area contributed by atoms with Crippen LogP contribution in [0.25, 0.3) is 0 Å². The van der Waals surface area contributed by atoms with Crippen LogP contribution in [0.4, 0.5) is 4.39 Å². The number of hydrogen-bond donors (Lipinski definition) is 1. The van der Waals surface area contributed by atoms with Crippen LogP contribution in [-0.2, 0) is 10.1 Å². The van der Waals surface area contributed by atoms with Gasteiger partial charge in [-0.3, -0.25) is 8.94 Å². The molecule has 0 saturated heterocycles. The predicted octanol–water partition coefficient (Wildman–Crippen LogP) is 1.40. The Morgan fingerprint density at radius 1 is 1.09 bits per heavy atom. The first-order chi connectivity index (χ1) is 5.06. The van der Waals surface area contributed by atoms with Crippen LogP contribution in [0, 0.1) is 0 Å². The molecule has 0 bridgehead atoms. The molecule has 5 heteroatoms. The van der Waals surface area contributed by atoms with Gasteiger partial charge < -0.3 is 0 Å². The maximum absolute atomic E-state index is 11.5. The summed E-state index contributed by atoms with van der Waals surface area (Å²) in [6.45, 7) is -0.355. The highest BCUT2D eigenvalue weighted by Crippen LogP contribution is 2.01. The lowest BCUT2D eigenvalue weighted by Gasteiger charge is -1.96. The Balaban J connectivity index is 3.16. The molecule has 0 aliphatic rings. The zero-order chi connectivity index (χ0) is 8.74. The van der Waals surface area contributed by atoms with Crippen LogP contribution in [0.3, 0.4) is 0 Å². The van der Waals surface area contributed by atoms with E-state index in [2.05, 4.69) is 0 Å². The van der Waals surface area contributed by atoms with E-state index < -0.39 is 10.1 Å². The second-order valence-corrected chi connectivity index (χ2v) is 3.96. The maximum atomic E-state index is 11.5. The van der Waals surface area contributed by atoms with E-state index in [0.29, 0.717) is 25.7 Å². The maximum Gasteiger partial charge on any atom is 0.264 e. The van der Waals surface area contributed by atoms with Crippen LogP contribution in [0.1, 0.15) is 25.7 Å². The van der Waals surface area contributed by atoms with Gasteiger partial charge >= 0.3 is 0 Å². The molecule has 0 atom stereocenters. The Bertz CT molecular complexity index is 176. The highest BCUT2D eigenvalue weighted by Gasteiger charge is 2.02. The summed E-state index contributed by atoms with van der Waals surface area (Å²) in [5.74, 6) is -0.209. The molecular weight excluding hydrogens is 171 g/mol. The normalized spacial score (nSPS) is 11.8. The molecule has 3 nitrogen and oxygen atoms in total. The van der Waals surface area contributed by atoms with Gasteiger partial charge in [-0.1, -0.05) is 12.8 Å². The number of unbranched alkanes of at least 4 members (excludes halogenated alkanes) is 3. The molecule has 0 radical (unpaired) electrons. The molecule has 0 saturated carbocycles. The smallest absolute Gasteiger partial charge is 0.264 e. The average molecular weight is 184 g/mol. The monoisotopic (exact) mass is 184 g/mol. The van der Waals surface area contributed by atoms with Crippen molar-refractivity contribution in [2.75, 3.05) is 12.4 Å². The van der Waals surface area contributed by atoms with Crippen LogP contribution in [-0.4, -0.2) is 25.4 Å². The van der Waals surface area contributed by atoms with E-state index in [1.54, 1.807) is 0 Å². The van der Waals surface area contributed by atoms with Gasteiger partial charge in [0.2, 0.25) is 0 Å². The van der Waals surface area contributed by atoms with Crippen molar-refractivity contribution >= 4 is 10.1 Å². The van der Waals surface area contributed by atoms with Crippen molar-refractivity contribution in [3.05, 3.63) is 0 Å².